The number of thioether (sulfide) groups is 1. The Bertz CT molecular complexity index is 1820. The Balaban J connectivity index is 0.949. The number of benzene rings is 2. The quantitative estimate of drug-likeness (QED) is 0.139. The van der Waals surface area contributed by atoms with Gasteiger partial charge < -0.3 is 26.4 Å². The molecule has 0 radical (unpaired) electrons. The number of hydrogen-bond acceptors (Lipinski definition) is 9. The van der Waals surface area contributed by atoms with Crippen molar-refractivity contribution >= 4 is 46.9 Å². The SMILES string of the molecule is C=C1C[C@H]2[C@H](CS[C@H]2CCCCC(=O)NCCCCCNC(=O)c2cccc(N3C(=O)Cc4c(C(N)=O)nc(-c5ccc(OCC)cc5)nc43)c2)N1. The van der Waals surface area contributed by atoms with Crippen LogP contribution in [0.3, 0.4) is 0 Å². The zero-order valence-electron chi connectivity index (χ0n) is 29.6. The van der Waals surface area contributed by atoms with Gasteiger partial charge in [-0.25, -0.2) is 9.97 Å². The van der Waals surface area contributed by atoms with Gasteiger partial charge in [0.2, 0.25) is 11.8 Å². The minimum absolute atomic E-state index is 0.0146. The van der Waals surface area contributed by atoms with E-state index in [9.17, 15) is 19.2 Å². The second kappa shape index (κ2) is 17.1. The van der Waals surface area contributed by atoms with Gasteiger partial charge in [-0.3, -0.25) is 24.1 Å². The van der Waals surface area contributed by atoms with Crippen molar-refractivity contribution in [2.45, 2.75) is 76.0 Å². The van der Waals surface area contributed by atoms with E-state index in [2.05, 4.69) is 44.3 Å². The predicted octanol–water partition coefficient (Wildman–Crippen LogP) is 5.05. The first kappa shape index (κ1) is 36.9. The van der Waals surface area contributed by atoms with Gasteiger partial charge in [-0.1, -0.05) is 19.1 Å². The lowest BCUT2D eigenvalue weighted by atomic mass is 9.94. The number of amides is 4. The van der Waals surface area contributed by atoms with E-state index in [0.717, 1.165) is 50.7 Å². The molecule has 4 heterocycles. The number of carbonyl (C=O) groups is 4. The van der Waals surface area contributed by atoms with E-state index >= 15 is 0 Å². The molecular formula is C39H47N7O5S. The van der Waals surface area contributed by atoms with E-state index in [1.807, 2.05) is 6.92 Å². The summed E-state index contributed by atoms with van der Waals surface area (Å²) < 4.78 is 5.52. The summed E-state index contributed by atoms with van der Waals surface area (Å²) in [5.41, 5.74) is 8.66. The number of allylic oxidation sites excluding steroid dienone is 1. The molecule has 4 amide bonds. The number of rotatable bonds is 17. The van der Waals surface area contributed by atoms with Gasteiger partial charge in [-0.15, -0.1) is 0 Å². The third-order valence-corrected chi connectivity index (χ3v) is 11.3. The van der Waals surface area contributed by atoms with Crippen LogP contribution in [-0.4, -0.2) is 70.3 Å². The molecule has 6 rings (SSSR count). The summed E-state index contributed by atoms with van der Waals surface area (Å²) in [6.07, 6.45) is 7.15. The predicted molar refractivity (Wildman–Crippen MR) is 203 cm³/mol. The molecule has 0 bridgehead atoms. The second-order valence-corrected chi connectivity index (χ2v) is 14.8. The Labute approximate surface area is 308 Å². The molecule has 3 aliphatic rings. The summed E-state index contributed by atoms with van der Waals surface area (Å²) in [7, 11) is 0. The summed E-state index contributed by atoms with van der Waals surface area (Å²) in [6.45, 7) is 7.60. The van der Waals surface area contributed by atoms with E-state index in [4.69, 9.17) is 10.5 Å². The molecule has 0 unspecified atom stereocenters. The molecule has 3 aromatic rings. The van der Waals surface area contributed by atoms with Gasteiger partial charge >= 0.3 is 0 Å². The van der Waals surface area contributed by atoms with Gasteiger partial charge in [-0.2, -0.15) is 11.8 Å². The molecule has 2 fully saturated rings. The van der Waals surface area contributed by atoms with Crippen molar-refractivity contribution in [1.29, 1.82) is 0 Å². The number of anilines is 2. The smallest absolute Gasteiger partial charge is 0.267 e. The number of ether oxygens (including phenoxy) is 1. The maximum absolute atomic E-state index is 13.3. The fourth-order valence-electron chi connectivity index (χ4n) is 7.16. The normalized spacial score (nSPS) is 18.9. The fraction of sp³-hybridized carbons (Fsp3) is 0.436. The third kappa shape index (κ3) is 8.75. The van der Waals surface area contributed by atoms with Crippen LogP contribution in [0.2, 0.25) is 0 Å². The van der Waals surface area contributed by atoms with Gasteiger partial charge in [0.1, 0.15) is 17.3 Å². The number of aromatic nitrogens is 2. The maximum Gasteiger partial charge on any atom is 0.267 e. The van der Waals surface area contributed by atoms with E-state index in [-0.39, 0.29) is 41.5 Å². The number of unbranched alkanes of at least 4 members (excludes halogenated alkanes) is 3. The van der Waals surface area contributed by atoms with Crippen molar-refractivity contribution in [3.05, 3.63) is 77.6 Å². The van der Waals surface area contributed by atoms with Gasteiger partial charge in [0.15, 0.2) is 5.82 Å². The molecule has 3 atom stereocenters. The van der Waals surface area contributed by atoms with Crippen LogP contribution in [0, 0.1) is 5.92 Å². The highest BCUT2D eigenvalue weighted by molar-refractivity contribution is 8.00. The lowest BCUT2D eigenvalue weighted by molar-refractivity contribution is -0.121. The molecule has 1 aromatic heterocycles. The highest BCUT2D eigenvalue weighted by atomic mass is 32.2. The minimum Gasteiger partial charge on any atom is -0.494 e. The van der Waals surface area contributed by atoms with E-state index in [0.29, 0.717) is 71.5 Å². The van der Waals surface area contributed by atoms with Crippen molar-refractivity contribution < 1.29 is 23.9 Å². The van der Waals surface area contributed by atoms with Gasteiger partial charge in [0.25, 0.3) is 11.8 Å². The molecule has 2 aromatic carbocycles. The summed E-state index contributed by atoms with van der Waals surface area (Å²) in [5, 5.41) is 10.2. The third-order valence-electron chi connectivity index (χ3n) is 9.76. The molecule has 3 aliphatic heterocycles. The first-order valence-corrected chi connectivity index (χ1v) is 19.2. The molecule has 52 heavy (non-hydrogen) atoms. The Morgan fingerprint density at radius 3 is 2.60 bits per heavy atom. The summed E-state index contributed by atoms with van der Waals surface area (Å²) in [5.74, 6) is 1.81. The van der Waals surface area contributed by atoms with E-state index in [1.165, 1.54) is 10.6 Å². The number of fused-ring (bicyclic) bond motifs is 2. The fourth-order valence-corrected chi connectivity index (χ4v) is 8.81. The number of nitrogens with zero attached hydrogens (tertiary/aromatic N) is 3. The average Bonchev–Trinajstić information content (AvgIpc) is 3.80. The molecular weight excluding hydrogens is 679 g/mol. The van der Waals surface area contributed by atoms with Crippen LogP contribution in [0.1, 0.15) is 84.7 Å². The monoisotopic (exact) mass is 725 g/mol. The number of hydrogen-bond donors (Lipinski definition) is 4. The van der Waals surface area contributed by atoms with Crippen LogP contribution in [0.4, 0.5) is 11.5 Å². The number of nitrogens with one attached hydrogen (secondary N) is 3. The van der Waals surface area contributed by atoms with Crippen LogP contribution >= 0.6 is 11.8 Å². The van der Waals surface area contributed by atoms with E-state index < -0.39 is 5.91 Å². The molecule has 12 nitrogen and oxygen atoms in total. The first-order chi connectivity index (χ1) is 25.2. The number of carbonyl (C=O) groups excluding carboxylic acids is 4. The highest BCUT2D eigenvalue weighted by Gasteiger charge is 2.40. The zero-order chi connectivity index (χ0) is 36.6. The minimum atomic E-state index is -0.757. The summed E-state index contributed by atoms with van der Waals surface area (Å²) >= 11 is 2.06. The molecule has 0 saturated carbocycles. The van der Waals surface area contributed by atoms with Crippen molar-refractivity contribution in [3.8, 4) is 17.1 Å². The van der Waals surface area contributed by atoms with Crippen molar-refractivity contribution in [1.82, 2.24) is 25.9 Å². The van der Waals surface area contributed by atoms with Crippen LogP contribution in [0.25, 0.3) is 11.4 Å². The first-order valence-electron chi connectivity index (χ1n) is 18.2. The zero-order valence-corrected chi connectivity index (χ0v) is 30.4. The van der Waals surface area contributed by atoms with E-state index in [1.54, 1.807) is 48.5 Å². The van der Waals surface area contributed by atoms with Gasteiger partial charge in [0.05, 0.1) is 18.7 Å². The van der Waals surface area contributed by atoms with Crippen molar-refractivity contribution in [2.24, 2.45) is 11.7 Å². The molecule has 0 aliphatic carbocycles. The topological polar surface area (TPSA) is 169 Å². The van der Waals surface area contributed by atoms with Crippen molar-refractivity contribution in [3.63, 3.8) is 0 Å². The Morgan fingerprint density at radius 1 is 1.04 bits per heavy atom. The Kier molecular flexibility index (Phi) is 12.1. The Morgan fingerprint density at radius 2 is 1.83 bits per heavy atom. The number of primary amides is 1. The standard InChI is InChI=1S/C39H47N7O5S/c1-3-51-28-16-14-25(15-17-28)37-44-35(36(40)49)30-22-34(48)46(38(30)45-37)27-11-9-10-26(21-27)39(50)42-19-8-4-7-18-41-33(47)13-6-5-12-32-29-20-24(2)43-31(29)23-52-32/h9-11,14-17,21,29,31-32,43H,2-8,12-13,18-20,22-23H2,1H3,(H2,40,49)(H,41,47)(H,42,50)/t29-,31-,32-/m0/s1. The largest absolute Gasteiger partial charge is 0.494 e. The van der Waals surface area contributed by atoms with Crippen LogP contribution < -0.4 is 31.3 Å². The molecule has 13 heteroatoms. The molecule has 5 N–H and O–H groups in total. The molecule has 274 valence electrons. The summed E-state index contributed by atoms with van der Waals surface area (Å²) in [6, 6.07) is 14.4. The second-order valence-electron chi connectivity index (χ2n) is 13.5. The lowest BCUT2D eigenvalue weighted by Gasteiger charge is -2.18. The van der Waals surface area contributed by atoms with Crippen LogP contribution in [0.15, 0.2) is 60.8 Å². The molecule has 2 saturated heterocycles. The lowest BCUT2D eigenvalue weighted by Crippen LogP contribution is -2.27. The van der Waals surface area contributed by atoms with Crippen LogP contribution in [-0.2, 0) is 16.0 Å². The van der Waals surface area contributed by atoms with Gasteiger partial charge in [0, 0.05) is 58.9 Å². The van der Waals surface area contributed by atoms with Gasteiger partial charge in [-0.05, 0) is 93.8 Å². The maximum atomic E-state index is 13.3. The average molecular weight is 726 g/mol. The summed E-state index contributed by atoms with van der Waals surface area (Å²) in [4.78, 5) is 61.6. The highest BCUT2D eigenvalue weighted by Crippen LogP contribution is 2.42. The number of nitrogens with two attached hydrogens (primary N) is 1. The Hall–Kier alpha value is -4.91. The van der Waals surface area contributed by atoms with Crippen molar-refractivity contribution in [2.75, 3.05) is 30.3 Å². The molecule has 0 spiro atoms. The van der Waals surface area contributed by atoms with Crippen LogP contribution in [0.5, 0.6) is 5.75 Å².